The van der Waals surface area contributed by atoms with E-state index in [1.807, 2.05) is 0 Å². The van der Waals surface area contributed by atoms with Gasteiger partial charge >= 0.3 is 0 Å². The Bertz CT molecular complexity index is 37.0. The molecule has 0 radical (unpaired) electrons. The Hall–Kier alpha value is 0.620. The molecule has 0 aromatic heterocycles. The quantitative estimate of drug-likeness (QED) is 0.349. The molecule has 0 spiro atoms. The second kappa shape index (κ2) is 7.62. The third-order valence-electron chi connectivity index (χ3n) is 0.492. The van der Waals surface area contributed by atoms with Gasteiger partial charge in [0, 0.05) is 18.7 Å². The van der Waals surface area contributed by atoms with Crippen LogP contribution >= 0.6 is 23.9 Å². The van der Waals surface area contributed by atoms with Crippen LogP contribution in [-0.2, 0) is 0 Å². The molecule has 0 heterocycles. The molecule has 0 aliphatic heterocycles. The van der Waals surface area contributed by atoms with Gasteiger partial charge in [-0.05, 0) is 6.26 Å². The number of nitrogens with one attached hydrogen (secondary N) is 2. The van der Waals surface area contributed by atoms with Crippen molar-refractivity contribution < 1.29 is 0 Å². The standard InChI is InChI=1S/C4H12N2S2/c1-3-5-8-6-4-7-2/h5-6H,3-4H2,1-2H3. The van der Waals surface area contributed by atoms with Crippen molar-refractivity contribution in [1.82, 2.24) is 9.44 Å². The Morgan fingerprint density at radius 3 is 2.62 bits per heavy atom. The van der Waals surface area contributed by atoms with E-state index >= 15 is 0 Å². The van der Waals surface area contributed by atoms with E-state index in [9.17, 15) is 0 Å². The number of thioether (sulfide) groups is 1. The average Bonchev–Trinajstić information content (AvgIpc) is 1.81. The van der Waals surface area contributed by atoms with Crippen molar-refractivity contribution in [1.29, 1.82) is 0 Å². The lowest BCUT2D eigenvalue weighted by atomic mass is 10.8. The Morgan fingerprint density at radius 2 is 2.12 bits per heavy atom. The van der Waals surface area contributed by atoms with E-state index in [0.717, 1.165) is 12.4 Å². The lowest BCUT2D eigenvalue weighted by molar-refractivity contribution is 1.02. The van der Waals surface area contributed by atoms with Gasteiger partial charge in [-0.15, -0.1) is 11.8 Å². The molecule has 0 aromatic carbocycles. The van der Waals surface area contributed by atoms with Crippen LogP contribution in [0.15, 0.2) is 0 Å². The lowest BCUT2D eigenvalue weighted by Crippen LogP contribution is -2.11. The molecule has 0 aliphatic carbocycles. The van der Waals surface area contributed by atoms with Crippen LogP contribution < -0.4 is 9.44 Å². The predicted octanol–water partition coefficient (Wildman–Crippen LogP) is 1.07. The van der Waals surface area contributed by atoms with Gasteiger partial charge in [-0.25, -0.2) is 4.72 Å². The summed E-state index contributed by atoms with van der Waals surface area (Å²) < 4.78 is 6.18. The Balaban J connectivity index is 2.53. The van der Waals surface area contributed by atoms with Gasteiger partial charge in [-0.2, -0.15) is 0 Å². The van der Waals surface area contributed by atoms with Gasteiger partial charge in [0.1, 0.15) is 0 Å². The van der Waals surface area contributed by atoms with Gasteiger partial charge in [0.2, 0.25) is 0 Å². The van der Waals surface area contributed by atoms with Gasteiger partial charge in [0.25, 0.3) is 0 Å². The van der Waals surface area contributed by atoms with E-state index in [0.29, 0.717) is 0 Å². The molecular weight excluding hydrogens is 140 g/mol. The maximum Gasteiger partial charge on any atom is 0.0525 e. The fourth-order valence-electron chi connectivity index (χ4n) is 0.212. The topological polar surface area (TPSA) is 24.1 Å². The van der Waals surface area contributed by atoms with Gasteiger partial charge in [-0.1, -0.05) is 6.92 Å². The smallest absolute Gasteiger partial charge is 0.0525 e. The van der Waals surface area contributed by atoms with Crippen molar-refractivity contribution in [2.24, 2.45) is 0 Å². The Kier molecular flexibility index (Phi) is 8.21. The monoisotopic (exact) mass is 152 g/mol. The molecule has 2 N–H and O–H groups in total. The third kappa shape index (κ3) is 6.62. The van der Waals surface area contributed by atoms with Crippen molar-refractivity contribution in [2.45, 2.75) is 6.92 Å². The highest BCUT2D eigenvalue weighted by Crippen LogP contribution is 1.90. The van der Waals surface area contributed by atoms with E-state index in [2.05, 4.69) is 22.6 Å². The normalized spacial score (nSPS) is 9.75. The fraction of sp³-hybridized carbons (Fsp3) is 1.00. The van der Waals surface area contributed by atoms with Crippen molar-refractivity contribution in [3.05, 3.63) is 0 Å². The van der Waals surface area contributed by atoms with Crippen LogP contribution in [0.4, 0.5) is 0 Å². The summed E-state index contributed by atoms with van der Waals surface area (Å²) in [5.74, 6) is 0.998. The van der Waals surface area contributed by atoms with Gasteiger partial charge in [-0.3, -0.25) is 4.72 Å². The van der Waals surface area contributed by atoms with Crippen LogP contribution in [-0.4, -0.2) is 18.7 Å². The molecule has 0 saturated carbocycles. The summed E-state index contributed by atoms with van der Waals surface area (Å²) in [4.78, 5) is 0. The summed E-state index contributed by atoms with van der Waals surface area (Å²) in [6, 6.07) is 0. The predicted molar refractivity (Wildman–Crippen MR) is 42.8 cm³/mol. The van der Waals surface area contributed by atoms with Crippen LogP contribution in [0.2, 0.25) is 0 Å². The van der Waals surface area contributed by atoms with Crippen LogP contribution in [0.5, 0.6) is 0 Å². The summed E-state index contributed by atoms with van der Waals surface area (Å²) in [6.07, 6.45) is 2.07. The zero-order valence-electron chi connectivity index (χ0n) is 5.23. The molecule has 4 heteroatoms. The van der Waals surface area contributed by atoms with Gasteiger partial charge < -0.3 is 0 Å². The van der Waals surface area contributed by atoms with Crippen molar-refractivity contribution in [2.75, 3.05) is 18.7 Å². The minimum Gasteiger partial charge on any atom is -0.251 e. The first-order valence-electron chi connectivity index (χ1n) is 2.52. The first kappa shape index (κ1) is 8.62. The SMILES string of the molecule is CCNSNCSC. The molecule has 0 amide bonds. The highest BCUT2D eigenvalue weighted by atomic mass is 32.2. The molecule has 2 nitrogen and oxygen atoms in total. The number of hydrogen-bond acceptors (Lipinski definition) is 4. The average molecular weight is 152 g/mol. The third-order valence-corrected chi connectivity index (χ3v) is 1.83. The first-order chi connectivity index (χ1) is 3.91. The summed E-state index contributed by atoms with van der Waals surface area (Å²) in [5, 5.41) is 0. The Morgan fingerprint density at radius 1 is 1.38 bits per heavy atom. The van der Waals surface area contributed by atoms with E-state index in [1.165, 1.54) is 0 Å². The summed E-state index contributed by atoms with van der Waals surface area (Å²) >= 11 is 3.34. The maximum atomic E-state index is 3.10. The molecule has 50 valence electrons. The van der Waals surface area contributed by atoms with E-state index < -0.39 is 0 Å². The largest absolute Gasteiger partial charge is 0.251 e. The zero-order valence-corrected chi connectivity index (χ0v) is 6.86. The van der Waals surface area contributed by atoms with Crippen LogP contribution in [0, 0.1) is 0 Å². The lowest BCUT2D eigenvalue weighted by Gasteiger charge is -1.98. The molecule has 0 rings (SSSR count). The molecule has 0 aliphatic rings. The minimum atomic E-state index is 0.998. The van der Waals surface area contributed by atoms with Crippen molar-refractivity contribution in [3.63, 3.8) is 0 Å². The molecule has 0 atom stereocenters. The second-order valence-corrected chi connectivity index (χ2v) is 2.82. The molecule has 8 heavy (non-hydrogen) atoms. The fourth-order valence-corrected chi connectivity index (χ4v) is 1.17. The zero-order chi connectivity index (χ0) is 6.24. The molecular formula is C4H12N2S2. The Labute approximate surface area is 59.5 Å². The van der Waals surface area contributed by atoms with Crippen molar-refractivity contribution >= 4 is 23.9 Å². The van der Waals surface area contributed by atoms with Crippen LogP contribution in [0.25, 0.3) is 0 Å². The van der Waals surface area contributed by atoms with E-state index in [1.54, 1.807) is 23.9 Å². The first-order valence-corrected chi connectivity index (χ1v) is 4.73. The highest BCUT2D eigenvalue weighted by Gasteiger charge is 1.79. The van der Waals surface area contributed by atoms with E-state index in [4.69, 9.17) is 0 Å². The van der Waals surface area contributed by atoms with E-state index in [-0.39, 0.29) is 0 Å². The second-order valence-electron chi connectivity index (χ2n) is 1.18. The van der Waals surface area contributed by atoms with Crippen LogP contribution in [0.3, 0.4) is 0 Å². The molecule has 0 aromatic rings. The maximum absolute atomic E-state index is 3.10. The number of hydrogen-bond donors (Lipinski definition) is 2. The number of rotatable bonds is 5. The summed E-state index contributed by atoms with van der Waals surface area (Å²) in [6.45, 7) is 3.08. The van der Waals surface area contributed by atoms with Crippen LogP contribution in [0.1, 0.15) is 6.92 Å². The minimum absolute atomic E-state index is 0.998. The van der Waals surface area contributed by atoms with Gasteiger partial charge in [0.05, 0.1) is 5.88 Å². The molecule has 0 bridgehead atoms. The molecule has 0 fully saturated rings. The molecule has 0 saturated heterocycles. The van der Waals surface area contributed by atoms with Gasteiger partial charge in [0.15, 0.2) is 0 Å². The highest BCUT2D eigenvalue weighted by molar-refractivity contribution is 8.00. The summed E-state index contributed by atoms with van der Waals surface area (Å²) in [5.41, 5.74) is 0. The summed E-state index contributed by atoms with van der Waals surface area (Å²) in [7, 11) is 0. The molecule has 0 unspecified atom stereocenters. The van der Waals surface area contributed by atoms with Crippen molar-refractivity contribution in [3.8, 4) is 0 Å².